The first kappa shape index (κ1) is 12.0. The summed E-state index contributed by atoms with van der Waals surface area (Å²) in [6.45, 7) is 0.0859. The molecule has 0 radical (unpaired) electrons. The fourth-order valence-electron chi connectivity index (χ4n) is 1.51. The number of rotatable bonds is 4. The predicted molar refractivity (Wildman–Crippen MR) is 63.8 cm³/mol. The number of benzene rings is 2. The molecule has 2 aromatic carbocycles. The third kappa shape index (κ3) is 3.04. The molecule has 0 saturated carbocycles. The van der Waals surface area contributed by atoms with Gasteiger partial charge in [-0.1, -0.05) is 18.2 Å². The van der Waals surface area contributed by atoms with Crippen LogP contribution < -0.4 is 4.74 Å². The number of non-ortho nitro benzene ring substituents is 1. The highest BCUT2D eigenvalue weighted by Gasteiger charge is 2.10. The molecule has 2 rings (SSSR count). The molecule has 0 fully saturated rings. The van der Waals surface area contributed by atoms with Crippen LogP contribution in [-0.2, 0) is 6.61 Å². The molecule has 0 aliphatic heterocycles. The van der Waals surface area contributed by atoms with Gasteiger partial charge in [-0.3, -0.25) is 10.1 Å². The van der Waals surface area contributed by atoms with Gasteiger partial charge in [0.05, 0.1) is 11.0 Å². The first-order valence-corrected chi connectivity index (χ1v) is 5.27. The summed E-state index contributed by atoms with van der Waals surface area (Å²) in [7, 11) is 0. The normalized spacial score (nSPS) is 10.1. The van der Waals surface area contributed by atoms with Crippen molar-refractivity contribution in [1.82, 2.24) is 0 Å². The van der Waals surface area contributed by atoms with Crippen molar-refractivity contribution in [3.63, 3.8) is 0 Å². The van der Waals surface area contributed by atoms with E-state index < -0.39 is 10.7 Å². The average Bonchev–Trinajstić information content (AvgIpc) is 2.37. The molecule has 0 spiro atoms. The average molecular weight is 247 g/mol. The standard InChI is InChI=1S/C13H10FNO3/c14-11-6-10(7-12(8-11)15(16)17)9-18-13-4-2-1-3-5-13/h1-8H,9H2. The monoisotopic (exact) mass is 247 g/mol. The van der Waals surface area contributed by atoms with Gasteiger partial charge in [0.1, 0.15) is 18.2 Å². The summed E-state index contributed by atoms with van der Waals surface area (Å²) in [6, 6.07) is 12.4. The van der Waals surface area contributed by atoms with E-state index >= 15 is 0 Å². The van der Waals surface area contributed by atoms with Crippen LogP contribution in [0, 0.1) is 15.9 Å². The Bertz CT molecular complexity index is 557. The van der Waals surface area contributed by atoms with E-state index in [9.17, 15) is 14.5 Å². The SMILES string of the molecule is O=[N+]([O-])c1cc(F)cc(COc2ccccc2)c1. The van der Waals surface area contributed by atoms with Gasteiger partial charge in [0.2, 0.25) is 0 Å². The van der Waals surface area contributed by atoms with Crippen LogP contribution in [0.25, 0.3) is 0 Å². The number of hydrogen-bond donors (Lipinski definition) is 0. The van der Waals surface area contributed by atoms with Crippen LogP contribution in [0.5, 0.6) is 5.75 Å². The van der Waals surface area contributed by atoms with Crippen molar-refractivity contribution in [3.05, 3.63) is 70.0 Å². The molecule has 4 nitrogen and oxygen atoms in total. The zero-order valence-electron chi connectivity index (χ0n) is 9.38. The molecule has 0 unspecified atom stereocenters. The maximum absolute atomic E-state index is 13.2. The van der Waals surface area contributed by atoms with E-state index in [2.05, 4.69) is 0 Å². The van der Waals surface area contributed by atoms with E-state index in [-0.39, 0.29) is 12.3 Å². The highest BCUT2D eigenvalue weighted by molar-refractivity contribution is 5.35. The Balaban J connectivity index is 2.12. The summed E-state index contributed by atoms with van der Waals surface area (Å²) in [5, 5.41) is 10.6. The summed E-state index contributed by atoms with van der Waals surface area (Å²) >= 11 is 0. The molecular weight excluding hydrogens is 237 g/mol. The van der Waals surface area contributed by atoms with E-state index in [1.165, 1.54) is 12.1 Å². The van der Waals surface area contributed by atoms with E-state index in [4.69, 9.17) is 4.74 Å². The Kier molecular flexibility index (Phi) is 3.52. The van der Waals surface area contributed by atoms with Gasteiger partial charge >= 0.3 is 0 Å². The van der Waals surface area contributed by atoms with Gasteiger partial charge in [-0.05, 0) is 23.8 Å². The number of nitrogens with zero attached hydrogens (tertiary/aromatic N) is 1. The van der Waals surface area contributed by atoms with Gasteiger partial charge in [-0.2, -0.15) is 0 Å². The molecule has 5 heteroatoms. The van der Waals surface area contributed by atoms with Crippen molar-refractivity contribution in [2.75, 3.05) is 0 Å². The molecule has 0 N–H and O–H groups in total. The number of halogens is 1. The third-order valence-electron chi connectivity index (χ3n) is 2.30. The summed E-state index contributed by atoms with van der Waals surface area (Å²) < 4.78 is 18.5. The van der Waals surface area contributed by atoms with Crippen molar-refractivity contribution >= 4 is 5.69 Å². The second-order valence-corrected chi connectivity index (χ2v) is 3.68. The van der Waals surface area contributed by atoms with E-state index in [0.717, 1.165) is 6.07 Å². The fraction of sp³-hybridized carbons (Fsp3) is 0.0769. The van der Waals surface area contributed by atoms with Crippen LogP contribution >= 0.6 is 0 Å². The second-order valence-electron chi connectivity index (χ2n) is 3.68. The summed E-state index contributed by atoms with van der Waals surface area (Å²) in [5.74, 6) is -0.0136. The lowest BCUT2D eigenvalue weighted by Gasteiger charge is -2.06. The van der Waals surface area contributed by atoms with Gasteiger partial charge in [0.15, 0.2) is 0 Å². The van der Waals surface area contributed by atoms with Crippen molar-refractivity contribution in [1.29, 1.82) is 0 Å². The first-order chi connectivity index (χ1) is 8.65. The highest BCUT2D eigenvalue weighted by atomic mass is 19.1. The molecule has 0 aromatic heterocycles. The van der Waals surface area contributed by atoms with Crippen LogP contribution in [-0.4, -0.2) is 4.92 Å². The molecule has 0 amide bonds. The summed E-state index contributed by atoms with van der Waals surface area (Å²) in [6.07, 6.45) is 0. The van der Waals surface area contributed by atoms with Crippen LogP contribution in [0.2, 0.25) is 0 Å². The minimum atomic E-state index is -0.643. The van der Waals surface area contributed by atoms with Gasteiger partial charge in [-0.25, -0.2) is 4.39 Å². The molecular formula is C13H10FNO3. The molecule has 18 heavy (non-hydrogen) atoms. The molecule has 0 saturated heterocycles. The zero-order valence-corrected chi connectivity index (χ0v) is 9.38. The molecule has 2 aromatic rings. The molecule has 92 valence electrons. The molecule has 0 bridgehead atoms. The molecule has 0 atom stereocenters. The van der Waals surface area contributed by atoms with Crippen LogP contribution in [0.3, 0.4) is 0 Å². The Labute approximate surface area is 103 Å². The Morgan fingerprint density at radius 3 is 2.56 bits per heavy atom. The maximum Gasteiger partial charge on any atom is 0.272 e. The predicted octanol–water partition coefficient (Wildman–Crippen LogP) is 3.31. The number of nitro benzene ring substituents is 1. The third-order valence-corrected chi connectivity index (χ3v) is 2.30. The van der Waals surface area contributed by atoms with E-state index in [1.54, 1.807) is 12.1 Å². The molecule has 0 aliphatic rings. The number of ether oxygens (including phenoxy) is 1. The molecule has 0 heterocycles. The topological polar surface area (TPSA) is 52.4 Å². The van der Waals surface area contributed by atoms with Crippen LogP contribution in [0.4, 0.5) is 10.1 Å². The minimum Gasteiger partial charge on any atom is -0.489 e. The van der Waals surface area contributed by atoms with E-state index in [1.807, 2.05) is 18.2 Å². The van der Waals surface area contributed by atoms with Crippen molar-refractivity contribution in [2.45, 2.75) is 6.61 Å². The number of para-hydroxylation sites is 1. The van der Waals surface area contributed by atoms with Crippen molar-refractivity contribution in [3.8, 4) is 5.75 Å². The Morgan fingerprint density at radius 1 is 1.17 bits per heavy atom. The Morgan fingerprint density at radius 2 is 1.89 bits per heavy atom. The van der Waals surface area contributed by atoms with Gasteiger partial charge in [0.25, 0.3) is 5.69 Å². The summed E-state index contributed by atoms with van der Waals surface area (Å²) in [4.78, 5) is 9.95. The number of hydrogen-bond acceptors (Lipinski definition) is 3. The highest BCUT2D eigenvalue weighted by Crippen LogP contribution is 2.18. The van der Waals surface area contributed by atoms with Crippen LogP contribution in [0.15, 0.2) is 48.5 Å². The van der Waals surface area contributed by atoms with Crippen molar-refractivity contribution in [2.24, 2.45) is 0 Å². The van der Waals surface area contributed by atoms with Gasteiger partial charge in [-0.15, -0.1) is 0 Å². The lowest BCUT2D eigenvalue weighted by Crippen LogP contribution is -1.98. The largest absolute Gasteiger partial charge is 0.489 e. The van der Waals surface area contributed by atoms with Gasteiger partial charge < -0.3 is 4.74 Å². The quantitative estimate of drug-likeness (QED) is 0.615. The Hall–Kier alpha value is -2.43. The number of nitro groups is 1. The van der Waals surface area contributed by atoms with Crippen molar-refractivity contribution < 1.29 is 14.1 Å². The smallest absolute Gasteiger partial charge is 0.272 e. The zero-order chi connectivity index (χ0) is 13.0. The fourth-order valence-corrected chi connectivity index (χ4v) is 1.51. The maximum atomic E-state index is 13.2. The molecule has 0 aliphatic carbocycles. The summed E-state index contributed by atoms with van der Waals surface area (Å²) in [5.41, 5.74) is 0.146. The van der Waals surface area contributed by atoms with E-state index in [0.29, 0.717) is 11.3 Å². The van der Waals surface area contributed by atoms with Crippen LogP contribution in [0.1, 0.15) is 5.56 Å². The first-order valence-electron chi connectivity index (χ1n) is 5.27. The van der Waals surface area contributed by atoms with Gasteiger partial charge in [0, 0.05) is 6.07 Å². The second kappa shape index (κ2) is 5.27. The lowest BCUT2D eigenvalue weighted by atomic mass is 10.2. The minimum absolute atomic E-state index is 0.0859. The lowest BCUT2D eigenvalue weighted by molar-refractivity contribution is -0.385.